The lowest BCUT2D eigenvalue weighted by Crippen LogP contribution is -2.41. The molecule has 13 heavy (non-hydrogen) atoms. The summed E-state index contributed by atoms with van der Waals surface area (Å²) < 4.78 is 0. The minimum Gasteiger partial charge on any atom is -0.306 e. The van der Waals surface area contributed by atoms with Crippen molar-refractivity contribution in [1.82, 2.24) is 4.90 Å². The Morgan fingerprint density at radius 1 is 1.15 bits per heavy atom. The molecular weight excluding hydrogens is 158 g/mol. The first-order chi connectivity index (χ1) is 5.77. The van der Waals surface area contributed by atoms with Crippen LogP contribution in [-0.4, -0.2) is 25.0 Å². The van der Waals surface area contributed by atoms with Gasteiger partial charge in [-0.15, -0.1) is 0 Å². The molecule has 1 heteroatoms. The van der Waals surface area contributed by atoms with Crippen LogP contribution in [-0.2, 0) is 0 Å². The highest BCUT2D eigenvalue weighted by molar-refractivity contribution is 4.93. The lowest BCUT2D eigenvalue weighted by molar-refractivity contribution is 0.0481. The normalized spacial score (nSPS) is 34.2. The Morgan fingerprint density at radius 3 is 2.23 bits per heavy atom. The van der Waals surface area contributed by atoms with Crippen LogP contribution in [0.5, 0.6) is 0 Å². The highest BCUT2D eigenvalue weighted by Gasteiger charge is 2.43. The van der Waals surface area contributed by atoms with Crippen LogP contribution in [0.2, 0.25) is 0 Å². The Bertz CT molecular complexity index is 182. The molecule has 0 saturated carbocycles. The third-order valence-corrected chi connectivity index (χ3v) is 4.59. The van der Waals surface area contributed by atoms with E-state index in [2.05, 4.69) is 46.6 Å². The molecule has 0 N–H and O–H groups in total. The second-order valence-corrected chi connectivity index (χ2v) is 6.03. The molecule has 1 heterocycles. The smallest absolute Gasteiger partial charge is 0.00348 e. The monoisotopic (exact) mass is 183 g/mol. The van der Waals surface area contributed by atoms with E-state index < -0.39 is 0 Å². The second-order valence-electron chi connectivity index (χ2n) is 6.03. The fourth-order valence-corrected chi connectivity index (χ4v) is 2.40. The van der Waals surface area contributed by atoms with Gasteiger partial charge in [-0.1, -0.05) is 34.6 Å². The molecule has 1 atom stereocenters. The van der Waals surface area contributed by atoms with Gasteiger partial charge in [-0.2, -0.15) is 0 Å². The summed E-state index contributed by atoms with van der Waals surface area (Å²) in [7, 11) is 2.25. The van der Waals surface area contributed by atoms with Crippen molar-refractivity contribution in [3.8, 4) is 0 Å². The molecule has 1 rings (SSSR count). The van der Waals surface area contributed by atoms with Crippen molar-refractivity contribution < 1.29 is 0 Å². The van der Waals surface area contributed by atoms with Crippen LogP contribution >= 0.6 is 0 Å². The topological polar surface area (TPSA) is 3.24 Å². The summed E-state index contributed by atoms with van der Waals surface area (Å²) >= 11 is 0. The van der Waals surface area contributed by atoms with E-state index in [4.69, 9.17) is 0 Å². The predicted octanol–water partition coefficient (Wildman–Crippen LogP) is 3.01. The van der Waals surface area contributed by atoms with E-state index in [1.165, 1.54) is 19.5 Å². The lowest BCUT2D eigenvalue weighted by Gasteiger charge is -2.44. The first-order valence-electron chi connectivity index (χ1n) is 5.46. The Labute approximate surface area is 83.5 Å². The zero-order chi connectivity index (χ0) is 10.3. The second kappa shape index (κ2) is 3.27. The van der Waals surface area contributed by atoms with Gasteiger partial charge in [0.1, 0.15) is 0 Å². The standard InChI is InChI=1S/C12H25N/c1-10-7-8-13(6)9-11(2,3)12(10,4)5/h10H,7-9H2,1-6H3. The SMILES string of the molecule is CC1CCN(C)CC(C)(C)C1(C)C. The first kappa shape index (κ1) is 11.0. The third-order valence-electron chi connectivity index (χ3n) is 4.59. The first-order valence-corrected chi connectivity index (χ1v) is 5.46. The fourth-order valence-electron chi connectivity index (χ4n) is 2.40. The maximum absolute atomic E-state index is 2.48. The van der Waals surface area contributed by atoms with E-state index in [9.17, 15) is 0 Å². The Balaban J connectivity index is 2.91. The molecule has 78 valence electrons. The highest BCUT2D eigenvalue weighted by Crippen LogP contribution is 2.47. The van der Waals surface area contributed by atoms with Crippen LogP contribution in [0.3, 0.4) is 0 Å². The molecule has 0 aromatic heterocycles. The van der Waals surface area contributed by atoms with E-state index in [0.29, 0.717) is 10.8 Å². The number of hydrogen-bond acceptors (Lipinski definition) is 1. The molecule has 1 aliphatic rings. The molecule has 0 aliphatic carbocycles. The zero-order valence-electron chi connectivity index (χ0n) is 10.1. The maximum Gasteiger partial charge on any atom is 0.00348 e. The molecule has 0 aromatic rings. The Morgan fingerprint density at radius 2 is 1.69 bits per heavy atom. The number of hydrogen-bond donors (Lipinski definition) is 0. The van der Waals surface area contributed by atoms with Gasteiger partial charge < -0.3 is 4.90 Å². The average molecular weight is 183 g/mol. The Kier molecular flexibility index (Phi) is 2.78. The minimum atomic E-state index is 0.428. The number of rotatable bonds is 0. The van der Waals surface area contributed by atoms with Crippen molar-refractivity contribution in [3.63, 3.8) is 0 Å². The van der Waals surface area contributed by atoms with E-state index in [-0.39, 0.29) is 0 Å². The van der Waals surface area contributed by atoms with Crippen molar-refractivity contribution in [2.24, 2.45) is 16.7 Å². The van der Waals surface area contributed by atoms with E-state index >= 15 is 0 Å². The van der Waals surface area contributed by atoms with Gasteiger partial charge in [-0.3, -0.25) is 0 Å². The van der Waals surface area contributed by atoms with Gasteiger partial charge >= 0.3 is 0 Å². The summed E-state index contributed by atoms with van der Waals surface area (Å²) in [5.74, 6) is 0.826. The number of likely N-dealkylation sites (tertiary alicyclic amines) is 1. The quantitative estimate of drug-likeness (QED) is 0.558. The van der Waals surface area contributed by atoms with Gasteiger partial charge in [-0.25, -0.2) is 0 Å². The molecule has 1 nitrogen and oxygen atoms in total. The highest BCUT2D eigenvalue weighted by atomic mass is 15.1. The summed E-state index contributed by atoms with van der Waals surface area (Å²) in [5.41, 5.74) is 0.884. The molecule has 1 unspecified atom stereocenters. The molecule has 0 spiro atoms. The number of nitrogens with zero attached hydrogens (tertiary/aromatic N) is 1. The van der Waals surface area contributed by atoms with Gasteiger partial charge in [0.2, 0.25) is 0 Å². The minimum absolute atomic E-state index is 0.428. The molecule has 0 amide bonds. The summed E-state index contributed by atoms with van der Waals surface area (Å²) in [4.78, 5) is 2.48. The van der Waals surface area contributed by atoms with Crippen LogP contribution in [0.4, 0.5) is 0 Å². The van der Waals surface area contributed by atoms with Crippen molar-refractivity contribution >= 4 is 0 Å². The van der Waals surface area contributed by atoms with Crippen molar-refractivity contribution in [1.29, 1.82) is 0 Å². The van der Waals surface area contributed by atoms with E-state index in [1.807, 2.05) is 0 Å². The zero-order valence-corrected chi connectivity index (χ0v) is 10.1. The van der Waals surface area contributed by atoms with Gasteiger partial charge in [0.15, 0.2) is 0 Å². The summed E-state index contributed by atoms with van der Waals surface area (Å²) in [6.07, 6.45) is 1.34. The largest absolute Gasteiger partial charge is 0.306 e. The molecule has 0 aromatic carbocycles. The van der Waals surface area contributed by atoms with Crippen LogP contribution in [0.15, 0.2) is 0 Å². The van der Waals surface area contributed by atoms with Crippen molar-refractivity contribution in [3.05, 3.63) is 0 Å². The molecule has 1 fully saturated rings. The Hall–Kier alpha value is -0.0400. The van der Waals surface area contributed by atoms with E-state index in [1.54, 1.807) is 0 Å². The summed E-state index contributed by atoms with van der Waals surface area (Å²) in [6.45, 7) is 14.6. The van der Waals surface area contributed by atoms with Crippen LogP contribution in [0, 0.1) is 16.7 Å². The predicted molar refractivity (Wildman–Crippen MR) is 58.8 cm³/mol. The van der Waals surface area contributed by atoms with Crippen molar-refractivity contribution in [2.45, 2.75) is 41.0 Å². The molecular formula is C12H25N. The fraction of sp³-hybridized carbons (Fsp3) is 1.00. The van der Waals surface area contributed by atoms with Crippen LogP contribution < -0.4 is 0 Å². The lowest BCUT2D eigenvalue weighted by atomic mass is 9.61. The molecule has 0 bridgehead atoms. The summed E-state index contributed by atoms with van der Waals surface area (Å²) in [6, 6.07) is 0. The molecule has 0 radical (unpaired) electrons. The molecule has 1 saturated heterocycles. The van der Waals surface area contributed by atoms with Gasteiger partial charge in [-0.05, 0) is 36.8 Å². The van der Waals surface area contributed by atoms with Gasteiger partial charge in [0.25, 0.3) is 0 Å². The van der Waals surface area contributed by atoms with Crippen molar-refractivity contribution in [2.75, 3.05) is 20.1 Å². The van der Waals surface area contributed by atoms with Crippen LogP contribution in [0.1, 0.15) is 41.0 Å². The third kappa shape index (κ3) is 1.90. The van der Waals surface area contributed by atoms with Gasteiger partial charge in [0.05, 0.1) is 0 Å². The van der Waals surface area contributed by atoms with Gasteiger partial charge in [0, 0.05) is 6.54 Å². The van der Waals surface area contributed by atoms with E-state index in [0.717, 1.165) is 5.92 Å². The van der Waals surface area contributed by atoms with Crippen LogP contribution in [0.25, 0.3) is 0 Å². The average Bonchev–Trinajstić information content (AvgIpc) is 2.02. The maximum atomic E-state index is 2.48. The summed E-state index contributed by atoms with van der Waals surface area (Å²) in [5, 5.41) is 0. The molecule has 1 aliphatic heterocycles.